The Morgan fingerprint density at radius 2 is 1.03 bits per heavy atom. The molecule has 166 valence electrons. The van der Waals surface area contributed by atoms with Gasteiger partial charge in [0.1, 0.15) is 8.80 Å². The second-order valence-corrected chi connectivity index (χ2v) is 13.4. The minimum absolute atomic E-state index is 0.737. The zero-order chi connectivity index (χ0) is 23.3. The van der Waals surface area contributed by atoms with Crippen molar-refractivity contribution in [1.29, 1.82) is 0 Å². The Hall–Kier alpha value is -3.15. The lowest BCUT2D eigenvalue weighted by molar-refractivity contribution is 0.575. The Labute approximate surface area is 201 Å². The Bertz CT molecular complexity index is 1030. The molecule has 1 nitrogen and oxygen atoms in total. The van der Waals surface area contributed by atoms with Gasteiger partial charge in [0.05, 0.1) is 0 Å². The third kappa shape index (κ3) is 7.45. The number of allylic oxidation sites excluding steroid dienone is 2. The summed E-state index contributed by atoms with van der Waals surface area (Å²) in [6, 6.07) is 41.3. The van der Waals surface area contributed by atoms with Gasteiger partial charge < -0.3 is 4.46 Å². The number of hydrogen-bond donors (Lipinski definition) is 0. The lowest BCUT2D eigenvalue weighted by Gasteiger charge is -2.22. The molecule has 0 aliphatic rings. The average Bonchev–Trinajstić information content (AvgIpc) is 2.90. The Kier molecular flexibility index (Phi) is 9.96. The third-order valence-corrected chi connectivity index (χ3v) is 11.0. The summed E-state index contributed by atoms with van der Waals surface area (Å²) in [5, 5.41) is 4.93. The van der Waals surface area contributed by atoms with Crippen molar-refractivity contribution in [3.05, 3.63) is 133 Å². The van der Waals surface area contributed by atoms with Crippen molar-refractivity contribution >= 4 is 38.2 Å². The van der Waals surface area contributed by atoms with Crippen LogP contribution in [0.15, 0.2) is 133 Å². The van der Waals surface area contributed by atoms with Crippen molar-refractivity contribution in [3.63, 3.8) is 0 Å². The van der Waals surface area contributed by atoms with Crippen LogP contribution in [0.3, 0.4) is 0 Å². The second kappa shape index (κ2) is 13.4. The largest absolute Gasteiger partial charge is 0.376 e. The highest BCUT2D eigenvalue weighted by atomic mass is 28.3. The molecule has 0 aliphatic carbocycles. The third-order valence-electron chi connectivity index (χ3n) is 5.70. The van der Waals surface area contributed by atoms with Gasteiger partial charge in [-0.15, -0.1) is 0 Å². The van der Waals surface area contributed by atoms with Crippen molar-refractivity contribution < 1.29 is 4.46 Å². The predicted molar refractivity (Wildman–Crippen MR) is 147 cm³/mol. The summed E-state index contributed by atoms with van der Waals surface area (Å²) >= 11 is 0. The molecule has 0 fully saturated rings. The van der Waals surface area contributed by atoms with Crippen molar-refractivity contribution in [3.8, 4) is 0 Å². The summed E-state index contributed by atoms with van der Waals surface area (Å²) in [6.07, 6.45) is 5.64. The molecule has 4 aromatic carbocycles. The van der Waals surface area contributed by atoms with Crippen molar-refractivity contribution in [2.75, 3.05) is 0 Å². The molecule has 0 amide bonds. The summed E-state index contributed by atoms with van der Waals surface area (Å²) in [4.78, 5) is 0. The Balaban J connectivity index is 0.000000194. The SMILES string of the molecule is C/C=C\CC(C)[SiH](c1ccccc1)c1ccccc1.O=[Si](c1ccccc1)c1ccccc1. The van der Waals surface area contributed by atoms with Gasteiger partial charge in [0.15, 0.2) is 0 Å². The van der Waals surface area contributed by atoms with Gasteiger partial charge in [-0.25, -0.2) is 0 Å². The van der Waals surface area contributed by atoms with Crippen LogP contribution in [0.5, 0.6) is 0 Å². The molecule has 0 radical (unpaired) electrons. The normalized spacial score (nSPS) is 11.6. The molecule has 0 N–H and O–H groups in total. The van der Waals surface area contributed by atoms with Gasteiger partial charge in [0.2, 0.25) is 0 Å². The van der Waals surface area contributed by atoms with Crippen LogP contribution >= 0.6 is 0 Å². The fourth-order valence-electron chi connectivity index (χ4n) is 4.00. The van der Waals surface area contributed by atoms with Crippen molar-refractivity contribution in [1.82, 2.24) is 0 Å². The summed E-state index contributed by atoms with van der Waals surface area (Å²) in [7, 11) is -2.92. The molecule has 0 saturated carbocycles. The Morgan fingerprint density at radius 1 is 0.667 bits per heavy atom. The summed E-state index contributed by atoms with van der Waals surface area (Å²) in [6.45, 7) is 4.51. The fourth-order valence-corrected chi connectivity index (χ4v) is 8.73. The van der Waals surface area contributed by atoms with Crippen LogP contribution in [0, 0.1) is 0 Å². The average molecular weight is 465 g/mol. The first-order valence-corrected chi connectivity index (χ1v) is 14.8. The molecule has 1 unspecified atom stereocenters. The first-order chi connectivity index (χ1) is 16.2. The van der Waals surface area contributed by atoms with Crippen LogP contribution < -0.4 is 20.7 Å². The van der Waals surface area contributed by atoms with Crippen LogP contribution in [0.1, 0.15) is 20.3 Å². The highest BCUT2D eigenvalue weighted by molar-refractivity contribution is 6.86. The molecular formula is C30H32OSi2. The van der Waals surface area contributed by atoms with Crippen molar-refractivity contribution in [2.45, 2.75) is 25.8 Å². The molecule has 0 saturated heterocycles. The van der Waals surface area contributed by atoms with Gasteiger partial charge in [-0.05, 0) is 18.9 Å². The van der Waals surface area contributed by atoms with Crippen LogP contribution in [0.2, 0.25) is 5.54 Å². The van der Waals surface area contributed by atoms with Gasteiger partial charge in [0.25, 0.3) is 0 Å². The van der Waals surface area contributed by atoms with Crippen LogP contribution in [-0.4, -0.2) is 17.5 Å². The molecule has 0 bridgehead atoms. The van der Waals surface area contributed by atoms with Crippen LogP contribution in [-0.2, 0) is 4.46 Å². The van der Waals surface area contributed by atoms with E-state index in [1.54, 1.807) is 10.4 Å². The highest BCUT2D eigenvalue weighted by Gasteiger charge is 2.22. The van der Waals surface area contributed by atoms with Crippen LogP contribution in [0.25, 0.3) is 0 Å². The van der Waals surface area contributed by atoms with E-state index in [9.17, 15) is 4.46 Å². The summed E-state index contributed by atoms with van der Waals surface area (Å²) in [5.74, 6) is 0. The van der Waals surface area contributed by atoms with E-state index in [4.69, 9.17) is 0 Å². The zero-order valence-electron chi connectivity index (χ0n) is 19.5. The molecular weight excluding hydrogens is 433 g/mol. The minimum Gasteiger partial charge on any atom is -0.376 e. The van der Waals surface area contributed by atoms with E-state index in [2.05, 4.69) is 86.7 Å². The first-order valence-electron chi connectivity index (χ1n) is 11.6. The van der Waals surface area contributed by atoms with E-state index < -0.39 is 17.5 Å². The first kappa shape index (κ1) is 24.5. The van der Waals surface area contributed by atoms with Crippen molar-refractivity contribution in [2.24, 2.45) is 0 Å². The van der Waals surface area contributed by atoms with E-state index in [0.29, 0.717) is 0 Å². The van der Waals surface area contributed by atoms with Gasteiger partial charge in [-0.2, -0.15) is 0 Å². The minimum atomic E-state index is -1.79. The highest BCUT2D eigenvalue weighted by Crippen LogP contribution is 2.15. The zero-order valence-corrected chi connectivity index (χ0v) is 21.6. The summed E-state index contributed by atoms with van der Waals surface area (Å²) in [5.41, 5.74) is 0.737. The molecule has 3 heteroatoms. The second-order valence-electron chi connectivity index (χ2n) is 8.14. The number of benzene rings is 4. The lowest BCUT2D eigenvalue weighted by Crippen LogP contribution is -2.45. The lowest BCUT2D eigenvalue weighted by atomic mass is 10.3. The molecule has 0 heterocycles. The quantitative estimate of drug-likeness (QED) is 0.288. The topological polar surface area (TPSA) is 17.1 Å². The maximum atomic E-state index is 12.0. The predicted octanol–water partition coefficient (Wildman–Crippen LogP) is 4.61. The van der Waals surface area contributed by atoms with E-state index in [-0.39, 0.29) is 0 Å². The number of rotatable bonds is 7. The monoisotopic (exact) mass is 464 g/mol. The molecule has 1 atom stereocenters. The fraction of sp³-hybridized carbons (Fsp3) is 0.133. The van der Waals surface area contributed by atoms with Gasteiger partial charge in [0, 0.05) is 10.4 Å². The Morgan fingerprint density at radius 3 is 1.39 bits per heavy atom. The molecule has 4 rings (SSSR count). The molecule has 0 spiro atoms. The molecule has 4 aromatic rings. The van der Waals surface area contributed by atoms with Gasteiger partial charge in [-0.3, -0.25) is 0 Å². The maximum absolute atomic E-state index is 12.0. The standard InChI is InChI=1S/C18H22Si.C12H10OSi/c1-3-4-11-16(2)19(17-12-7-5-8-13-17)18-14-9-6-10-15-18;13-14(11-7-3-1-4-8-11)12-9-5-2-6-10-12/h3-10,12-16,19H,11H2,1-2H3;1-10H/b4-3-;. The van der Waals surface area contributed by atoms with Gasteiger partial charge in [-0.1, -0.05) is 151 Å². The number of hydrogen-bond acceptors (Lipinski definition) is 1. The van der Waals surface area contributed by atoms with E-state index in [1.165, 1.54) is 6.42 Å². The van der Waals surface area contributed by atoms with E-state index in [0.717, 1.165) is 15.9 Å². The summed E-state index contributed by atoms with van der Waals surface area (Å²) < 4.78 is 12.0. The van der Waals surface area contributed by atoms with Gasteiger partial charge >= 0.3 is 8.68 Å². The molecule has 0 aromatic heterocycles. The maximum Gasteiger partial charge on any atom is 0.346 e. The smallest absolute Gasteiger partial charge is 0.346 e. The van der Waals surface area contributed by atoms with Crippen LogP contribution in [0.4, 0.5) is 0 Å². The van der Waals surface area contributed by atoms with E-state index in [1.807, 2.05) is 60.7 Å². The van der Waals surface area contributed by atoms with E-state index >= 15 is 0 Å². The molecule has 0 aliphatic heterocycles. The molecule has 33 heavy (non-hydrogen) atoms.